The number of hydrogen-bond donors (Lipinski definition) is 2. The van der Waals surface area contributed by atoms with Gasteiger partial charge in [0.05, 0.1) is 12.6 Å². The zero-order valence-electron chi connectivity index (χ0n) is 13.9. The fourth-order valence-corrected chi connectivity index (χ4v) is 3.34. The standard InChI is InChI=1S/C16H31N3O2/c1-11(2)16(12(3)20)18-15(21)10-19(4)14-8-6-5-7-13(14)9-17/h11,13-14,16H,5-10,17H2,1-4H3,(H,18,21). The van der Waals surface area contributed by atoms with Crippen LogP contribution in [0.5, 0.6) is 0 Å². The Kier molecular flexibility index (Phi) is 7.32. The third-order valence-corrected chi connectivity index (χ3v) is 4.55. The van der Waals surface area contributed by atoms with E-state index >= 15 is 0 Å². The minimum absolute atomic E-state index is 0.0125. The van der Waals surface area contributed by atoms with Crippen molar-refractivity contribution in [3.63, 3.8) is 0 Å². The molecule has 3 N–H and O–H groups in total. The van der Waals surface area contributed by atoms with E-state index in [1.807, 2.05) is 20.9 Å². The van der Waals surface area contributed by atoms with Gasteiger partial charge in [0.2, 0.25) is 5.91 Å². The Balaban J connectivity index is 2.54. The molecule has 0 aromatic rings. The highest BCUT2D eigenvalue weighted by Gasteiger charge is 2.29. The van der Waals surface area contributed by atoms with Gasteiger partial charge in [0.25, 0.3) is 0 Å². The van der Waals surface area contributed by atoms with Gasteiger partial charge in [-0.15, -0.1) is 0 Å². The van der Waals surface area contributed by atoms with E-state index in [0.717, 1.165) is 12.8 Å². The highest BCUT2D eigenvalue weighted by molar-refractivity contribution is 5.88. The number of amides is 1. The van der Waals surface area contributed by atoms with Gasteiger partial charge < -0.3 is 11.1 Å². The average molecular weight is 297 g/mol. The molecule has 0 radical (unpaired) electrons. The minimum Gasteiger partial charge on any atom is -0.345 e. The molecule has 0 bridgehead atoms. The van der Waals surface area contributed by atoms with E-state index in [1.54, 1.807) is 0 Å². The number of nitrogens with zero attached hydrogens (tertiary/aromatic N) is 1. The summed E-state index contributed by atoms with van der Waals surface area (Å²) in [6.45, 7) is 6.43. The van der Waals surface area contributed by atoms with Crippen molar-refractivity contribution in [2.75, 3.05) is 20.1 Å². The predicted molar refractivity (Wildman–Crippen MR) is 84.9 cm³/mol. The molecule has 21 heavy (non-hydrogen) atoms. The smallest absolute Gasteiger partial charge is 0.234 e. The lowest BCUT2D eigenvalue weighted by Gasteiger charge is -2.37. The van der Waals surface area contributed by atoms with Crippen molar-refractivity contribution in [3.8, 4) is 0 Å². The molecule has 3 unspecified atom stereocenters. The molecular weight excluding hydrogens is 266 g/mol. The number of carbonyl (C=O) groups excluding carboxylic acids is 2. The van der Waals surface area contributed by atoms with E-state index in [1.165, 1.54) is 19.8 Å². The second kappa shape index (κ2) is 8.49. The Morgan fingerprint density at radius 2 is 1.90 bits per heavy atom. The molecule has 1 rings (SSSR count). The second-order valence-corrected chi connectivity index (χ2v) is 6.66. The highest BCUT2D eigenvalue weighted by atomic mass is 16.2. The zero-order chi connectivity index (χ0) is 16.0. The van der Waals surface area contributed by atoms with Gasteiger partial charge in [-0.3, -0.25) is 14.5 Å². The number of rotatable bonds is 7. The van der Waals surface area contributed by atoms with E-state index in [2.05, 4.69) is 10.2 Å². The van der Waals surface area contributed by atoms with Crippen LogP contribution in [-0.2, 0) is 9.59 Å². The molecule has 122 valence electrons. The van der Waals surface area contributed by atoms with Crippen LogP contribution in [0.2, 0.25) is 0 Å². The van der Waals surface area contributed by atoms with E-state index in [0.29, 0.717) is 25.0 Å². The minimum atomic E-state index is -0.387. The molecule has 1 amide bonds. The van der Waals surface area contributed by atoms with Gasteiger partial charge in [-0.25, -0.2) is 0 Å². The van der Waals surface area contributed by atoms with Crippen LogP contribution in [0.25, 0.3) is 0 Å². The van der Waals surface area contributed by atoms with Gasteiger partial charge in [-0.05, 0) is 45.2 Å². The molecule has 1 fully saturated rings. The average Bonchev–Trinajstić information content (AvgIpc) is 2.43. The summed E-state index contributed by atoms with van der Waals surface area (Å²) >= 11 is 0. The first-order chi connectivity index (χ1) is 9.86. The molecule has 5 nitrogen and oxygen atoms in total. The second-order valence-electron chi connectivity index (χ2n) is 6.66. The van der Waals surface area contributed by atoms with Gasteiger partial charge in [0.1, 0.15) is 0 Å². The summed E-state index contributed by atoms with van der Waals surface area (Å²) in [5.41, 5.74) is 5.85. The Morgan fingerprint density at radius 3 is 2.43 bits per heavy atom. The van der Waals surface area contributed by atoms with Crippen LogP contribution in [0.4, 0.5) is 0 Å². The Morgan fingerprint density at radius 1 is 1.29 bits per heavy atom. The molecule has 1 saturated carbocycles. The van der Waals surface area contributed by atoms with Crippen molar-refractivity contribution in [3.05, 3.63) is 0 Å². The number of nitrogens with two attached hydrogens (primary N) is 1. The maximum absolute atomic E-state index is 12.2. The number of carbonyl (C=O) groups is 2. The number of Topliss-reactive ketones (excluding diaryl/α,β-unsaturated/α-hetero) is 1. The third-order valence-electron chi connectivity index (χ3n) is 4.55. The molecule has 0 spiro atoms. The monoisotopic (exact) mass is 297 g/mol. The largest absolute Gasteiger partial charge is 0.345 e. The summed E-state index contributed by atoms with van der Waals surface area (Å²) in [7, 11) is 1.98. The van der Waals surface area contributed by atoms with Crippen molar-refractivity contribution in [1.29, 1.82) is 0 Å². The van der Waals surface area contributed by atoms with Crippen LogP contribution in [0.1, 0.15) is 46.5 Å². The van der Waals surface area contributed by atoms with Gasteiger partial charge in [-0.1, -0.05) is 26.7 Å². The molecule has 0 heterocycles. The van der Waals surface area contributed by atoms with Crippen LogP contribution in [0.3, 0.4) is 0 Å². The summed E-state index contributed by atoms with van der Waals surface area (Å²) in [4.78, 5) is 25.8. The SMILES string of the molecule is CC(=O)C(NC(=O)CN(C)C1CCCCC1CN)C(C)C. The molecule has 0 aliphatic heterocycles. The maximum Gasteiger partial charge on any atom is 0.234 e. The molecule has 1 aliphatic rings. The lowest BCUT2D eigenvalue weighted by atomic mass is 9.84. The normalized spacial score (nSPS) is 24.1. The van der Waals surface area contributed by atoms with Gasteiger partial charge >= 0.3 is 0 Å². The van der Waals surface area contributed by atoms with Crippen LogP contribution >= 0.6 is 0 Å². The van der Waals surface area contributed by atoms with Crippen molar-refractivity contribution < 1.29 is 9.59 Å². The van der Waals surface area contributed by atoms with Gasteiger partial charge in [-0.2, -0.15) is 0 Å². The third kappa shape index (κ3) is 5.40. The Labute approximate surface area is 128 Å². The fourth-order valence-electron chi connectivity index (χ4n) is 3.34. The lowest BCUT2D eigenvalue weighted by molar-refractivity contribution is -0.128. The highest BCUT2D eigenvalue weighted by Crippen LogP contribution is 2.26. The zero-order valence-corrected chi connectivity index (χ0v) is 13.9. The quantitative estimate of drug-likeness (QED) is 0.739. The molecule has 0 aromatic carbocycles. The summed E-state index contributed by atoms with van der Waals surface area (Å²) in [6, 6.07) is -0.00751. The van der Waals surface area contributed by atoms with Crippen molar-refractivity contribution in [2.24, 2.45) is 17.6 Å². The first-order valence-electron chi connectivity index (χ1n) is 8.07. The molecule has 0 saturated heterocycles. The number of hydrogen-bond acceptors (Lipinski definition) is 4. The summed E-state index contributed by atoms with van der Waals surface area (Å²) in [6.07, 6.45) is 4.69. The molecule has 0 aromatic heterocycles. The van der Waals surface area contributed by atoms with Crippen molar-refractivity contribution in [1.82, 2.24) is 10.2 Å². The first-order valence-corrected chi connectivity index (χ1v) is 8.07. The molecule has 1 aliphatic carbocycles. The van der Waals surface area contributed by atoms with Crippen LogP contribution < -0.4 is 11.1 Å². The predicted octanol–water partition coefficient (Wildman–Crippen LogP) is 1.17. The maximum atomic E-state index is 12.2. The van der Waals surface area contributed by atoms with E-state index in [9.17, 15) is 9.59 Å². The van der Waals surface area contributed by atoms with Crippen molar-refractivity contribution >= 4 is 11.7 Å². The summed E-state index contributed by atoms with van der Waals surface area (Å²) in [5.74, 6) is 0.528. The van der Waals surface area contributed by atoms with Crippen LogP contribution in [0, 0.1) is 11.8 Å². The Bertz CT molecular complexity index is 357. The Hall–Kier alpha value is -0.940. The van der Waals surface area contributed by atoms with Crippen LogP contribution in [0.15, 0.2) is 0 Å². The van der Waals surface area contributed by atoms with E-state index in [-0.39, 0.29) is 23.7 Å². The summed E-state index contributed by atoms with van der Waals surface area (Å²) in [5, 5.41) is 2.86. The molecule has 5 heteroatoms. The number of likely N-dealkylation sites (N-methyl/N-ethyl adjacent to an activating group) is 1. The van der Waals surface area contributed by atoms with E-state index < -0.39 is 0 Å². The molecular formula is C16H31N3O2. The van der Waals surface area contributed by atoms with Gasteiger partial charge in [0.15, 0.2) is 5.78 Å². The number of nitrogens with one attached hydrogen (secondary N) is 1. The van der Waals surface area contributed by atoms with Crippen LogP contribution in [-0.4, -0.2) is 48.8 Å². The summed E-state index contributed by atoms with van der Waals surface area (Å²) < 4.78 is 0. The van der Waals surface area contributed by atoms with Gasteiger partial charge in [0, 0.05) is 6.04 Å². The van der Waals surface area contributed by atoms with E-state index in [4.69, 9.17) is 5.73 Å². The molecule has 3 atom stereocenters. The number of ketones is 1. The van der Waals surface area contributed by atoms with Crippen molar-refractivity contribution in [2.45, 2.75) is 58.5 Å². The topological polar surface area (TPSA) is 75.4 Å². The fraction of sp³-hybridized carbons (Fsp3) is 0.875. The first kappa shape index (κ1) is 18.1. The lowest BCUT2D eigenvalue weighted by Crippen LogP contribution is -2.50.